The van der Waals surface area contributed by atoms with Gasteiger partial charge >= 0.3 is 12.1 Å². The number of nitrogens with zero attached hydrogens (tertiary/aromatic N) is 1. The van der Waals surface area contributed by atoms with Crippen LogP contribution in [0.15, 0.2) is 48.5 Å². The molecule has 1 saturated heterocycles. The molecule has 35 heavy (non-hydrogen) atoms. The van der Waals surface area contributed by atoms with Crippen molar-refractivity contribution in [1.82, 2.24) is 10.2 Å². The van der Waals surface area contributed by atoms with E-state index in [0.717, 1.165) is 35.1 Å². The van der Waals surface area contributed by atoms with E-state index in [0.29, 0.717) is 19.4 Å². The van der Waals surface area contributed by atoms with Gasteiger partial charge in [-0.1, -0.05) is 69.3 Å². The van der Waals surface area contributed by atoms with Gasteiger partial charge < -0.3 is 20.1 Å². The predicted octanol–water partition coefficient (Wildman–Crippen LogP) is 4.80. The van der Waals surface area contributed by atoms with Crippen molar-refractivity contribution >= 4 is 18.0 Å². The monoisotopic (exact) mass is 478 g/mol. The second-order valence-electron chi connectivity index (χ2n) is 10.7. The van der Waals surface area contributed by atoms with Crippen LogP contribution in [0.5, 0.6) is 0 Å². The van der Waals surface area contributed by atoms with Gasteiger partial charge in [0.1, 0.15) is 18.7 Å². The molecule has 0 bridgehead atoms. The Kier molecular flexibility index (Phi) is 7.15. The minimum absolute atomic E-state index is 0.0802. The topological polar surface area (TPSA) is 95.9 Å². The zero-order chi connectivity index (χ0) is 25.2. The van der Waals surface area contributed by atoms with Crippen molar-refractivity contribution in [3.63, 3.8) is 0 Å². The van der Waals surface area contributed by atoms with Gasteiger partial charge in [0.2, 0.25) is 5.91 Å². The summed E-state index contributed by atoms with van der Waals surface area (Å²) in [7, 11) is 0. The normalized spacial score (nSPS) is 18.4. The fourth-order valence-electron chi connectivity index (χ4n) is 5.25. The third kappa shape index (κ3) is 5.50. The number of alkyl carbamates (subject to hydrolysis) is 1. The maximum Gasteiger partial charge on any atom is 0.407 e. The van der Waals surface area contributed by atoms with E-state index in [1.165, 1.54) is 4.90 Å². The second-order valence-corrected chi connectivity index (χ2v) is 10.7. The lowest BCUT2D eigenvalue weighted by molar-refractivity contribution is -0.153. The van der Waals surface area contributed by atoms with Crippen LogP contribution in [0.25, 0.3) is 11.1 Å². The maximum absolute atomic E-state index is 13.4. The number of aliphatic carboxylic acids is 1. The standard InChI is InChI=1S/C28H34N2O5/c1-28(2,3)16-23(25(31)30-15-9-8-14-24(30)26(32)33)29-27(34)35-17-22-20-12-6-4-10-18(20)19-11-5-7-13-21(19)22/h4-7,10-13,22-24H,8-9,14-17H2,1-3H3,(H,29,34)(H,32,33)/t23?,24-/m1/s1. The fraction of sp³-hybridized carbons (Fsp3) is 0.464. The molecule has 0 radical (unpaired) electrons. The third-order valence-corrected chi connectivity index (χ3v) is 6.82. The Morgan fingerprint density at radius 2 is 1.63 bits per heavy atom. The quantitative estimate of drug-likeness (QED) is 0.622. The number of carboxylic acid groups (broad SMARTS) is 1. The molecule has 1 heterocycles. The molecule has 2 aliphatic rings. The molecule has 2 atom stereocenters. The lowest BCUT2D eigenvalue weighted by Gasteiger charge is -2.37. The maximum atomic E-state index is 13.4. The number of piperidine rings is 1. The zero-order valence-electron chi connectivity index (χ0n) is 20.6. The first kappa shape index (κ1) is 24.8. The molecule has 2 aromatic carbocycles. The van der Waals surface area contributed by atoms with E-state index in [-0.39, 0.29) is 23.8 Å². The highest BCUT2D eigenvalue weighted by atomic mass is 16.5. The summed E-state index contributed by atoms with van der Waals surface area (Å²) in [6, 6.07) is 14.5. The van der Waals surface area contributed by atoms with Crippen LogP contribution in [-0.2, 0) is 14.3 Å². The van der Waals surface area contributed by atoms with Crippen molar-refractivity contribution in [2.45, 2.75) is 64.5 Å². The third-order valence-electron chi connectivity index (χ3n) is 6.82. The molecule has 0 aromatic heterocycles. The Morgan fingerprint density at radius 1 is 1.03 bits per heavy atom. The molecule has 4 rings (SSSR count). The van der Waals surface area contributed by atoms with Crippen LogP contribution in [0.1, 0.15) is 63.5 Å². The van der Waals surface area contributed by atoms with Crippen molar-refractivity contribution in [2.75, 3.05) is 13.2 Å². The van der Waals surface area contributed by atoms with Crippen LogP contribution in [-0.4, -0.2) is 53.2 Å². The largest absolute Gasteiger partial charge is 0.480 e. The molecule has 0 saturated carbocycles. The van der Waals surface area contributed by atoms with Crippen LogP contribution in [0.3, 0.4) is 0 Å². The molecular weight excluding hydrogens is 444 g/mol. The molecule has 1 aliphatic heterocycles. The number of rotatable bonds is 6. The van der Waals surface area contributed by atoms with E-state index in [9.17, 15) is 19.5 Å². The summed E-state index contributed by atoms with van der Waals surface area (Å²) in [5.41, 5.74) is 4.25. The summed E-state index contributed by atoms with van der Waals surface area (Å²) < 4.78 is 5.66. The van der Waals surface area contributed by atoms with Crippen molar-refractivity contribution in [1.29, 1.82) is 0 Å². The van der Waals surface area contributed by atoms with E-state index >= 15 is 0 Å². The molecule has 1 unspecified atom stereocenters. The smallest absolute Gasteiger partial charge is 0.407 e. The van der Waals surface area contributed by atoms with Crippen LogP contribution in [0.4, 0.5) is 4.79 Å². The number of carbonyl (C=O) groups excluding carboxylic acids is 2. The molecule has 7 heteroatoms. The number of hydrogen-bond acceptors (Lipinski definition) is 4. The molecule has 1 fully saturated rings. The molecule has 0 spiro atoms. The Labute approximate surface area is 206 Å². The first-order chi connectivity index (χ1) is 16.7. The van der Waals surface area contributed by atoms with E-state index in [1.54, 1.807) is 0 Å². The Bertz CT molecular complexity index is 1060. The first-order valence-electron chi connectivity index (χ1n) is 12.3. The van der Waals surface area contributed by atoms with Gasteiger partial charge in [-0.05, 0) is 53.4 Å². The Balaban J connectivity index is 1.47. The minimum atomic E-state index is -1.01. The molecule has 2 amide bonds. The average molecular weight is 479 g/mol. The zero-order valence-corrected chi connectivity index (χ0v) is 20.6. The summed E-state index contributed by atoms with van der Waals surface area (Å²) in [6.07, 6.45) is 1.65. The summed E-state index contributed by atoms with van der Waals surface area (Å²) in [4.78, 5) is 39.5. The minimum Gasteiger partial charge on any atom is -0.480 e. The lowest BCUT2D eigenvalue weighted by atomic mass is 9.87. The van der Waals surface area contributed by atoms with Gasteiger partial charge in [0.05, 0.1) is 0 Å². The SMILES string of the molecule is CC(C)(C)CC(NC(=O)OCC1c2ccccc2-c2ccccc21)C(=O)N1CCCC[C@@H]1C(=O)O. The van der Waals surface area contributed by atoms with Crippen LogP contribution in [0, 0.1) is 5.41 Å². The van der Waals surface area contributed by atoms with E-state index < -0.39 is 24.1 Å². The number of amides is 2. The lowest BCUT2D eigenvalue weighted by Crippen LogP contribution is -2.56. The van der Waals surface area contributed by atoms with Gasteiger partial charge in [-0.2, -0.15) is 0 Å². The van der Waals surface area contributed by atoms with Crippen molar-refractivity contribution in [3.8, 4) is 11.1 Å². The number of benzene rings is 2. The van der Waals surface area contributed by atoms with Gasteiger partial charge in [-0.25, -0.2) is 9.59 Å². The van der Waals surface area contributed by atoms with E-state index in [1.807, 2.05) is 45.0 Å². The van der Waals surface area contributed by atoms with Gasteiger partial charge in [-0.15, -0.1) is 0 Å². The number of nitrogens with one attached hydrogen (secondary N) is 1. The number of ether oxygens (including phenoxy) is 1. The number of carbonyl (C=O) groups is 3. The first-order valence-corrected chi connectivity index (χ1v) is 12.3. The van der Waals surface area contributed by atoms with E-state index in [4.69, 9.17) is 4.74 Å². The average Bonchev–Trinajstić information content (AvgIpc) is 3.14. The van der Waals surface area contributed by atoms with Crippen molar-refractivity contribution in [3.05, 3.63) is 59.7 Å². The highest BCUT2D eigenvalue weighted by Crippen LogP contribution is 2.44. The summed E-state index contributed by atoms with van der Waals surface area (Å²) in [6.45, 7) is 6.48. The van der Waals surface area contributed by atoms with Crippen LogP contribution < -0.4 is 5.32 Å². The molecule has 2 aromatic rings. The number of carboxylic acids is 1. The number of fused-ring (bicyclic) bond motifs is 3. The Hall–Kier alpha value is -3.35. The van der Waals surface area contributed by atoms with Gasteiger partial charge in [0, 0.05) is 12.5 Å². The predicted molar refractivity (Wildman–Crippen MR) is 133 cm³/mol. The molecular formula is C28H34N2O5. The molecule has 2 N–H and O–H groups in total. The van der Waals surface area contributed by atoms with Crippen molar-refractivity contribution < 1.29 is 24.2 Å². The van der Waals surface area contributed by atoms with Gasteiger partial charge in [0.15, 0.2) is 0 Å². The van der Waals surface area contributed by atoms with Crippen LogP contribution in [0.2, 0.25) is 0 Å². The highest BCUT2D eigenvalue weighted by Gasteiger charge is 2.38. The Morgan fingerprint density at radius 3 is 2.20 bits per heavy atom. The van der Waals surface area contributed by atoms with Gasteiger partial charge in [-0.3, -0.25) is 4.79 Å². The van der Waals surface area contributed by atoms with Crippen molar-refractivity contribution in [2.24, 2.45) is 5.41 Å². The molecule has 186 valence electrons. The van der Waals surface area contributed by atoms with Crippen LogP contribution >= 0.6 is 0 Å². The highest BCUT2D eigenvalue weighted by molar-refractivity contribution is 5.89. The summed E-state index contributed by atoms with van der Waals surface area (Å²) in [5, 5.41) is 12.4. The fourth-order valence-corrected chi connectivity index (χ4v) is 5.25. The summed E-state index contributed by atoms with van der Waals surface area (Å²) in [5.74, 6) is -1.45. The second kappa shape index (κ2) is 10.1. The summed E-state index contributed by atoms with van der Waals surface area (Å²) >= 11 is 0. The molecule has 1 aliphatic carbocycles. The van der Waals surface area contributed by atoms with Gasteiger partial charge in [0.25, 0.3) is 0 Å². The molecule has 7 nitrogen and oxygen atoms in total. The number of hydrogen-bond donors (Lipinski definition) is 2. The number of likely N-dealkylation sites (tertiary alicyclic amines) is 1. The van der Waals surface area contributed by atoms with E-state index in [2.05, 4.69) is 29.6 Å².